The molecular weight excluding hydrogens is 230 g/mol. The third kappa shape index (κ3) is 1.61. The molecule has 0 radical (unpaired) electrons. The van der Waals surface area contributed by atoms with Crippen LogP contribution in [0.1, 0.15) is 25.3 Å². The maximum absolute atomic E-state index is 8.90. The Morgan fingerprint density at radius 3 is 3.08 bits per heavy atom. The second kappa shape index (κ2) is 3.51. The molecule has 0 aromatic carbocycles. The van der Waals surface area contributed by atoms with Crippen LogP contribution in [-0.2, 0) is 0 Å². The van der Waals surface area contributed by atoms with E-state index in [-0.39, 0.29) is 12.0 Å². The van der Waals surface area contributed by atoms with Gasteiger partial charge in [-0.15, -0.1) is 0 Å². The number of nitrogens with zero attached hydrogens (tertiary/aromatic N) is 3. The summed E-state index contributed by atoms with van der Waals surface area (Å²) in [5, 5.41) is 13.1. The smallest absolute Gasteiger partial charge is 0.0687 e. The summed E-state index contributed by atoms with van der Waals surface area (Å²) in [6.45, 7) is 0. The van der Waals surface area contributed by atoms with Crippen LogP contribution >= 0.6 is 15.9 Å². The van der Waals surface area contributed by atoms with Gasteiger partial charge in [-0.3, -0.25) is 4.68 Å². The third-order valence-corrected chi connectivity index (χ3v) is 2.96. The molecule has 2 atom stereocenters. The van der Waals surface area contributed by atoms with Gasteiger partial charge >= 0.3 is 0 Å². The molecule has 3 nitrogen and oxygen atoms in total. The van der Waals surface area contributed by atoms with Gasteiger partial charge in [-0.1, -0.05) is 0 Å². The van der Waals surface area contributed by atoms with Crippen LogP contribution in [0.15, 0.2) is 16.9 Å². The maximum atomic E-state index is 8.90. The maximum Gasteiger partial charge on any atom is 0.0687 e. The highest BCUT2D eigenvalue weighted by Crippen LogP contribution is 2.35. The molecule has 2 rings (SSSR count). The van der Waals surface area contributed by atoms with E-state index in [4.69, 9.17) is 5.26 Å². The van der Waals surface area contributed by atoms with Crippen molar-refractivity contribution in [2.75, 3.05) is 0 Å². The minimum atomic E-state index is 0.145. The van der Waals surface area contributed by atoms with E-state index in [0.29, 0.717) is 0 Å². The van der Waals surface area contributed by atoms with Crippen molar-refractivity contribution in [1.82, 2.24) is 9.78 Å². The summed E-state index contributed by atoms with van der Waals surface area (Å²) < 4.78 is 2.89. The number of hydrogen-bond acceptors (Lipinski definition) is 2. The van der Waals surface area contributed by atoms with E-state index in [1.807, 2.05) is 10.9 Å². The number of halogens is 1. The lowest BCUT2D eigenvalue weighted by Gasteiger charge is -2.13. The molecule has 13 heavy (non-hydrogen) atoms. The first kappa shape index (κ1) is 8.76. The summed E-state index contributed by atoms with van der Waals surface area (Å²) in [6, 6.07) is 2.63. The van der Waals surface area contributed by atoms with Crippen molar-refractivity contribution in [3.8, 4) is 6.07 Å². The number of nitriles is 1. The minimum Gasteiger partial charge on any atom is -0.267 e. The Hall–Kier alpha value is -0.820. The molecule has 1 heterocycles. The SMILES string of the molecule is N#CC1CCCC1n1cc(Br)cn1. The summed E-state index contributed by atoms with van der Waals surface area (Å²) in [7, 11) is 0. The Bertz CT molecular complexity index is 339. The average Bonchev–Trinajstić information content (AvgIpc) is 2.71. The van der Waals surface area contributed by atoms with Crippen LogP contribution in [0, 0.1) is 17.2 Å². The highest BCUT2D eigenvalue weighted by atomic mass is 79.9. The molecule has 1 fully saturated rings. The largest absolute Gasteiger partial charge is 0.267 e. The van der Waals surface area contributed by atoms with E-state index in [9.17, 15) is 0 Å². The van der Waals surface area contributed by atoms with Gasteiger partial charge < -0.3 is 0 Å². The normalized spacial score (nSPS) is 27.4. The van der Waals surface area contributed by atoms with E-state index in [1.54, 1.807) is 6.20 Å². The van der Waals surface area contributed by atoms with E-state index >= 15 is 0 Å². The lowest BCUT2D eigenvalue weighted by atomic mass is 10.1. The molecular formula is C9H10BrN3. The second-order valence-electron chi connectivity index (χ2n) is 3.37. The van der Waals surface area contributed by atoms with Crippen LogP contribution in [-0.4, -0.2) is 9.78 Å². The van der Waals surface area contributed by atoms with Crippen LogP contribution in [0.3, 0.4) is 0 Å². The molecule has 4 heteroatoms. The van der Waals surface area contributed by atoms with Crippen molar-refractivity contribution in [3.63, 3.8) is 0 Å². The van der Waals surface area contributed by atoms with Crippen molar-refractivity contribution in [1.29, 1.82) is 5.26 Å². The van der Waals surface area contributed by atoms with Gasteiger partial charge in [0.05, 0.1) is 28.7 Å². The zero-order valence-electron chi connectivity index (χ0n) is 7.15. The molecule has 0 amide bonds. The van der Waals surface area contributed by atoms with Crippen LogP contribution < -0.4 is 0 Å². The summed E-state index contributed by atoms with van der Waals surface area (Å²) in [4.78, 5) is 0. The molecule has 1 aromatic heterocycles. The van der Waals surface area contributed by atoms with Gasteiger partial charge in [0.25, 0.3) is 0 Å². The minimum absolute atomic E-state index is 0.145. The molecule has 1 aromatic rings. The van der Waals surface area contributed by atoms with E-state index in [2.05, 4.69) is 27.1 Å². The van der Waals surface area contributed by atoms with Crippen LogP contribution in [0.25, 0.3) is 0 Å². The standard InChI is InChI=1S/C9H10BrN3/c10-8-5-12-13(6-8)9-3-1-2-7(9)4-11/h5-7,9H,1-3H2. The van der Waals surface area contributed by atoms with Gasteiger partial charge in [0, 0.05) is 6.20 Å². The Morgan fingerprint density at radius 1 is 1.62 bits per heavy atom. The van der Waals surface area contributed by atoms with Crippen molar-refractivity contribution < 1.29 is 0 Å². The molecule has 0 N–H and O–H groups in total. The monoisotopic (exact) mass is 239 g/mol. The number of rotatable bonds is 1. The highest BCUT2D eigenvalue weighted by molar-refractivity contribution is 9.10. The van der Waals surface area contributed by atoms with E-state index in [1.165, 1.54) is 0 Å². The first-order valence-electron chi connectivity index (χ1n) is 4.40. The molecule has 2 unspecified atom stereocenters. The average molecular weight is 240 g/mol. The quantitative estimate of drug-likeness (QED) is 0.756. The van der Waals surface area contributed by atoms with Crippen molar-refractivity contribution >= 4 is 15.9 Å². The van der Waals surface area contributed by atoms with Gasteiger partial charge in [0.2, 0.25) is 0 Å². The Kier molecular flexibility index (Phi) is 2.36. The molecule has 1 saturated carbocycles. The zero-order chi connectivity index (χ0) is 9.26. The van der Waals surface area contributed by atoms with E-state index in [0.717, 1.165) is 23.7 Å². The van der Waals surface area contributed by atoms with Crippen molar-refractivity contribution in [2.24, 2.45) is 5.92 Å². The fourth-order valence-corrected chi connectivity index (χ4v) is 2.21. The molecule has 68 valence electrons. The first-order valence-corrected chi connectivity index (χ1v) is 5.20. The third-order valence-electron chi connectivity index (χ3n) is 2.56. The molecule has 0 saturated heterocycles. The Morgan fingerprint density at radius 2 is 2.46 bits per heavy atom. The Labute approximate surface area is 85.5 Å². The molecule has 1 aliphatic carbocycles. The predicted molar refractivity (Wildman–Crippen MR) is 51.9 cm³/mol. The lowest BCUT2D eigenvalue weighted by molar-refractivity contribution is 0.409. The Balaban J connectivity index is 2.21. The van der Waals surface area contributed by atoms with Crippen LogP contribution in [0.4, 0.5) is 0 Å². The fraction of sp³-hybridized carbons (Fsp3) is 0.556. The van der Waals surface area contributed by atoms with Gasteiger partial charge in [0.1, 0.15) is 0 Å². The summed E-state index contributed by atoms with van der Waals surface area (Å²) in [5.41, 5.74) is 0. The molecule has 0 bridgehead atoms. The van der Waals surface area contributed by atoms with Crippen LogP contribution in [0.5, 0.6) is 0 Å². The topological polar surface area (TPSA) is 41.6 Å². The molecule has 0 aliphatic heterocycles. The van der Waals surface area contributed by atoms with Gasteiger partial charge in [-0.25, -0.2) is 0 Å². The first-order chi connectivity index (χ1) is 6.31. The van der Waals surface area contributed by atoms with Gasteiger partial charge in [-0.05, 0) is 35.2 Å². The fourth-order valence-electron chi connectivity index (χ4n) is 1.90. The van der Waals surface area contributed by atoms with E-state index < -0.39 is 0 Å². The zero-order valence-corrected chi connectivity index (χ0v) is 8.74. The molecule has 0 spiro atoms. The number of hydrogen-bond donors (Lipinski definition) is 0. The summed E-state index contributed by atoms with van der Waals surface area (Å²) >= 11 is 3.35. The van der Waals surface area contributed by atoms with Crippen LogP contribution in [0.2, 0.25) is 0 Å². The number of aromatic nitrogens is 2. The summed E-state index contributed by atoms with van der Waals surface area (Å²) in [5.74, 6) is 0.145. The molecule has 1 aliphatic rings. The van der Waals surface area contributed by atoms with Crippen molar-refractivity contribution in [2.45, 2.75) is 25.3 Å². The highest BCUT2D eigenvalue weighted by Gasteiger charge is 2.28. The van der Waals surface area contributed by atoms with Gasteiger partial charge in [-0.2, -0.15) is 10.4 Å². The van der Waals surface area contributed by atoms with Crippen molar-refractivity contribution in [3.05, 3.63) is 16.9 Å². The van der Waals surface area contributed by atoms with Gasteiger partial charge in [0.15, 0.2) is 0 Å². The second-order valence-corrected chi connectivity index (χ2v) is 4.29. The predicted octanol–water partition coefficient (Wildman–Crippen LogP) is 2.51. The lowest BCUT2D eigenvalue weighted by Crippen LogP contribution is -2.12. The summed E-state index contributed by atoms with van der Waals surface area (Å²) in [6.07, 6.45) is 6.94.